The second-order valence-electron chi connectivity index (χ2n) is 5.08. The lowest BCUT2D eigenvalue weighted by atomic mass is 10.0. The van der Waals surface area contributed by atoms with Crippen molar-refractivity contribution in [3.63, 3.8) is 0 Å². The minimum Gasteiger partial charge on any atom is -0.368 e. The maximum absolute atomic E-state index is 5.94. The number of aryl methyl sites for hydroxylation is 1. The molecule has 0 amide bonds. The van der Waals surface area contributed by atoms with Gasteiger partial charge in [0.25, 0.3) is 0 Å². The van der Waals surface area contributed by atoms with Gasteiger partial charge in [0.15, 0.2) is 0 Å². The lowest BCUT2D eigenvalue weighted by Crippen LogP contribution is -2.21. The van der Waals surface area contributed by atoms with Gasteiger partial charge in [-0.25, -0.2) is 0 Å². The topological polar surface area (TPSA) is 3.24 Å². The van der Waals surface area contributed by atoms with Crippen LogP contribution in [0.25, 0.3) is 0 Å². The van der Waals surface area contributed by atoms with Crippen LogP contribution in [0.1, 0.15) is 29.7 Å². The molecule has 0 radical (unpaired) electrons. The first kappa shape index (κ1) is 15.2. The van der Waals surface area contributed by atoms with Crippen molar-refractivity contribution < 1.29 is 0 Å². The summed E-state index contributed by atoms with van der Waals surface area (Å²) in [7, 11) is 2.11. The van der Waals surface area contributed by atoms with Crippen LogP contribution in [0.5, 0.6) is 0 Å². The Balaban J connectivity index is 2.24. The van der Waals surface area contributed by atoms with Crippen LogP contribution in [-0.2, 0) is 5.88 Å². The van der Waals surface area contributed by atoms with Crippen LogP contribution < -0.4 is 4.90 Å². The Morgan fingerprint density at radius 1 is 1.10 bits per heavy atom. The Morgan fingerprint density at radius 2 is 1.75 bits per heavy atom. The zero-order chi connectivity index (χ0) is 14.7. The van der Waals surface area contributed by atoms with E-state index in [9.17, 15) is 0 Å². The molecule has 0 bridgehead atoms. The Kier molecular flexibility index (Phi) is 4.95. The van der Waals surface area contributed by atoms with Crippen molar-refractivity contribution in [1.82, 2.24) is 0 Å². The van der Waals surface area contributed by atoms with Gasteiger partial charge in [-0.05, 0) is 54.8 Å². The molecule has 106 valence electrons. The number of alkyl halides is 1. The molecule has 20 heavy (non-hydrogen) atoms. The van der Waals surface area contributed by atoms with Gasteiger partial charge in [0.1, 0.15) is 0 Å². The van der Waals surface area contributed by atoms with Crippen molar-refractivity contribution in [1.29, 1.82) is 0 Å². The minimum atomic E-state index is 0.286. The molecule has 0 aliphatic heterocycles. The number of benzene rings is 2. The van der Waals surface area contributed by atoms with Crippen LogP contribution in [0.15, 0.2) is 42.5 Å². The number of hydrogen-bond acceptors (Lipinski definition) is 1. The lowest BCUT2D eigenvalue weighted by Gasteiger charge is -2.28. The smallest absolute Gasteiger partial charge is 0.0511 e. The minimum absolute atomic E-state index is 0.286. The fraction of sp³-hybridized carbons (Fsp3) is 0.294. The van der Waals surface area contributed by atoms with Crippen LogP contribution in [0.3, 0.4) is 0 Å². The summed E-state index contributed by atoms with van der Waals surface area (Å²) in [6.45, 7) is 4.29. The molecule has 0 N–H and O–H groups in total. The van der Waals surface area contributed by atoms with Gasteiger partial charge < -0.3 is 4.90 Å². The van der Waals surface area contributed by atoms with E-state index in [4.69, 9.17) is 23.2 Å². The largest absolute Gasteiger partial charge is 0.368 e. The molecule has 1 atom stereocenters. The second kappa shape index (κ2) is 6.51. The van der Waals surface area contributed by atoms with E-state index in [1.165, 1.54) is 22.4 Å². The molecular formula is C17H19Cl2N. The van der Waals surface area contributed by atoms with Gasteiger partial charge in [-0.3, -0.25) is 0 Å². The molecule has 2 aromatic carbocycles. The van der Waals surface area contributed by atoms with Crippen LogP contribution in [0.2, 0.25) is 5.02 Å². The van der Waals surface area contributed by atoms with Crippen molar-refractivity contribution in [3.05, 3.63) is 64.2 Å². The van der Waals surface area contributed by atoms with Gasteiger partial charge in [0.05, 0.1) is 6.04 Å². The number of halogens is 2. The first-order chi connectivity index (χ1) is 9.52. The summed E-state index contributed by atoms with van der Waals surface area (Å²) < 4.78 is 0. The summed E-state index contributed by atoms with van der Waals surface area (Å²) in [5.74, 6) is 0.558. The van der Waals surface area contributed by atoms with Gasteiger partial charge in [0, 0.05) is 23.6 Å². The quantitative estimate of drug-likeness (QED) is 0.666. The van der Waals surface area contributed by atoms with E-state index in [0.29, 0.717) is 5.88 Å². The molecule has 3 heteroatoms. The molecule has 2 aromatic rings. The molecule has 0 aliphatic carbocycles. The van der Waals surface area contributed by atoms with E-state index in [1.807, 2.05) is 12.1 Å². The van der Waals surface area contributed by atoms with Gasteiger partial charge in [0.2, 0.25) is 0 Å². The first-order valence-electron chi connectivity index (χ1n) is 6.66. The highest BCUT2D eigenvalue weighted by molar-refractivity contribution is 6.30. The Hall–Kier alpha value is -1.18. The fourth-order valence-corrected chi connectivity index (χ4v) is 2.66. The number of rotatable bonds is 4. The fourth-order valence-electron chi connectivity index (χ4n) is 2.24. The van der Waals surface area contributed by atoms with E-state index in [-0.39, 0.29) is 6.04 Å². The van der Waals surface area contributed by atoms with E-state index in [2.05, 4.69) is 56.1 Å². The highest BCUT2D eigenvalue weighted by Crippen LogP contribution is 2.28. The summed E-state index contributed by atoms with van der Waals surface area (Å²) in [6.07, 6.45) is 0. The van der Waals surface area contributed by atoms with Crippen molar-refractivity contribution in [2.24, 2.45) is 0 Å². The molecule has 0 saturated heterocycles. The Labute approximate surface area is 131 Å². The van der Waals surface area contributed by atoms with Crippen LogP contribution in [0, 0.1) is 6.92 Å². The lowest BCUT2D eigenvalue weighted by molar-refractivity contribution is 0.739. The average molecular weight is 308 g/mol. The van der Waals surface area contributed by atoms with Crippen molar-refractivity contribution in [3.8, 4) is 0 Å². The molecule has 0 spiro atoms. The summed E-state index contributed by atoms with van der Waals surface area (Å²) in [5.41, 5.74) is 4.85. The monoisotopic (exact) mass is 307 g/mol. The molecular weight excluding hydrogens is 289 g/mol. The van der Waals surface area contributed by atoms with Crippen molar-refractivity contribution in [2.45, 2.75) is 25.8 Å². The number of nitrogens with zero attached hydrogens (tertiary/aromatic N) is 1. The van der Waals surface area contributed by atoms with Gasteiger partial charge in [-0.15, -0.1) is 11.6 Å². The number of anilines is 1. The Bertz CT molecular complexity index is 578. The highest BCUT2D eigenvalue weighted by Gasteiger charge is 2.13. The molecule has 0 aromatic heterocycles. The Morgan fingerprint density at radius 3 is 2.30 bits per heavy atom. The summed E-state index contributed by atoms with van der Waals surface area (Å²) in [6, 6.07) is 14.7. The molecule has 0 saturated carbocycles. The predicted octanol–water partition coefficient (Wildman–Crippen LogP) is 5.58. The maximum Gasteiger partial charge on any atom is 0.0511 e. The van der Waals surface area contributed by atoms with Crippen molar-refractivity contribution in [2.75, 3.05) is 11.9 Å². The van der Waals surface area contributed by atoms with Crippen molar-refractivity contribution >= 4 is 28.9 Å². The number of hydrogen-bond donors (Lipinski definition) is 0. The SMILES string of the molecule is Cc1cc(N(C)C(C)c2ccc(Cl)cc2)ccc1CCl. The third-order valence-electron chi connectivity index (χ3n) is 3.81. The molecule has 0 aliphatic rings. The third-order valence-corrected chi connectivity index (χ3v) is 4.35. The van der Waals surface area contributed by atoms with E-state index < -0.39 is 0 Å². The van der Waals surface area contributed by atoms with Crippen LogP contribution >= 0.6 is 23.2 Å². The zero-order valence-corrected chi connectivity index (χ0v) is 13.5. The molecule has 0 heterocycles. The highest BCUT2D eigenvalue weighted by atomic mass is 35.5. The van der Waals surface area contributed by atoms with Crippen LogP contribution in [-0.4, -0.2) is 7.05 Å². The van der Waals surface area contributed by atoms with E-state index in [0.717, 1.165) is 5.02 Å². The summed E-state index contributed by atoms with van der Waals surface area (Å²) in [4.78, 5) is 2.26. The van der Waals surface area contributed by atoms with E-state index >= 15 is 0 Å². The molecule has 0 fully saturated rings. The molecule has 1 nitrogen and oxygen atoms in total. The third kappa shape index (κ3) is 3.28. The standard InChI is InChI=1S/C17H19Cl2N/c1-12-10-17(9-6-15(12)11-18)20(3)13(2)14-4-7-16(19)8-5-14/h4-10,13H,11H2,1-3H3. The normalized spacial score (nSPS) is 12.2. The average Bonchev–Trinajstić information content (AvgIpc) is 2.46. The maximum atomic E-state index is 5.94. The van der Waals surface area contributed by atoms with Gasteiger partial charge >= 0.3 is 0 Å². The van der Waals surface area contributed by atoms with Gasteiger partial charge in [-0.2, -0.15) is 0 Å². The summed E-state index contributed by atoms with van der Waals surface area (Å²) >= 11 is 11.9. The molecule has 1 unspecified atom stereocenters. The first-order valence-corrected chi connectivity index (χ1v) is 7.58. The van der Waals surface area contributed by atoms with Gasteiger partial charge in [-0.1, -0.05) is 29.8 Å². The second-order valence-corrected chi connectivity index (χ2v) is 5.79. The van der Waals surface area contributed by atoms with E-state index in [1.54, 1.807) is 0 Å². The molecule has 2 rings (SSSR count). The predicted molar refractivity (Wildman–Crippen MR) is 89.0 cm³/mol. The zero-order valence-electron chi connectivity index (χ0n) is 12.0. The summed E-state index contributed by atoms with van der Waals surface area (Å²) in [5, 5.41) is 0.769. The van der Waals surface area contributed by atoms with Crippen LogP contribution in [0.4, 0.5) is 5.69 Å².